The summed E-state index contributed by atoms with van der Waals surface area (Å²) in [6.07, 6.45) is 0. The SMILES string of the molecule is COc1ccc(-n2c(C)c(C)c(C#N)c2NC(=O)CSc2nnc(-c3cccc(C)c3)n2C)cc1. The van der Waals surface area contributed by atoms with Gasteiger partial charge in [0.2, 0.25) is 5.91 Å². The van der Waals surface area contributed by atoms with Gasteiger partial charge >= 0.3 is 0 Å². The Morgan fingerprint density at radius 3 is 2.54 bits per heavy atom. The van der Waals surface area contributed by atoms with Crippen LogP contribution in [0.3, 0.4) is 0 Å². The van der Waals surface area contributed by atoms with Crippen molar-refractivity contribution in [1.82, 2.24) is 19.3 Å². The first-order valence-electron chi connectivity index (χ1n) is 11.0. The molecule has 9 heteroatoms. The molecule has 0 spiro atoms. The molecule has 1 N–H and O–H groups in total. The normalized spacial score (nSPS) is 10.7. The van der Waals surface area contributed by atoms with Crippen LogP contribution in [0.1, 0.15) is 22.4 Å². The quantitative estimate of drug-likeness (QED) is 0.377. The average Bonchev–Trinajstić information content (AvgIpc) is 3.34. The van der Waals surface area contributed by atoms with E-state index in [0.717, 1.165) is 39.6 Å². The van der Waals surface area contributed by atoms with Crippen LogP contribution in [-0.4, -0.2) is 38.1 Å². The zero-order valence-electron chi connectivity index (χ0n) is 20.3. The van der Waals surface area contributed by atoms with Crippen molar-refractivity contribution in [2.24, 2.45) is 7.05 Å². The molecule has 0 radical (unpaired) electrons. The molecule has 178 valence electrons. The summed E-state index contributed by atoms with van der Waals surface area (Å²) in [5.74, 6) is 1.81. The molecule has 4 aromatic rings. The lowest BCUT2D eigenvalue weighted by Gasteiger charge is -2.13. The highest BCUT2D eigenvalue weighted by Gasteiger charge is 2.21. The van der Waals surface area contributed by atoms with Crippen LogP contribution >= 0.6 is 11.8 Å². The number of aromatic nitrogens is 4. The first kappa shape index (κ1) is 24.1. The predicted molar refractivity (Wildman–Crippen MR) is 137 cm³/mol. The molecule has 2 heterocycles. The van der Waals surface area contributed by atoms with Crippen LogP contribution in [0.2, 0.25) is 0 Å². The van der Waals surface area contributed by atoms with Gasteiger partial charge in [0.05, 0.1) is 18.4 Å². The summed E-state index contributed by atoms with van der Waals surface area (Å²) in [6, 6.07) is 17.8. The second-order valence-corrected chi connectivity index (χ2v) is 9.09. The fraction of sp³-hybridized carbons (Fsp3) is 0.231. The first-order valence-corrected chi connectivity index (χ1v) is 12.0. The largest absolute Gasteiger partial charge is 0.497 e. The molecule has 35 heavy (non-hydrogen) atoms. The molecule has 1 amide bonds. The molecule has 4 rings (SSSR count). The Labute approximate surface area is 208 Å². The van der Waals surface area contributed by atoms with Crippen LogP contribution in [0, 0.1) is 32.1 Å². The van der Waals surface area contributed by atoms with E-state index in [9.17, 15) is 10.1 Å². The lowest BCUT2D eigenvalue weighted by molar-refractivity contribution is -0.113. The Kier molecular flexibility index (Phi) is 6.94. The third-order valence-corrected chi connectivity index (χ3v) is 6.88. The summed E-state index contributed by atoms with van der Waals surface area (Å²) >= 11 is 1.29. The number of nitrogens with one attached hydrogen (secondary N) is 1. The van der Waals surface area contributed by atoms with Gasteiger partial charge < -0.3 is 14.6 Å². The van der Waals surface area contributed by atoms with E-state index in [0.29, 0.717) is 16.5 Å². The number of methoxy groups -OCH3 is 1. The molecule has 0 saturated carbocycles. The lowest BCUT2D eigenvalue weighted by atomic mass is 10.1. The van der Waals surface area contributed by atoms with Gasteiger partial charge in [-0.1, -0.05) is 35.5 Å². The van der Waals surface area contributed by atoms with Gasteiger partial charge in [-0.15, -0.1) is 10.2 Å². The van der Waals surface area contributed by atoms with Crippen LogP contribution < -0.4 is 10.1 Å². The first-order chi connectivity index (χ1) is 16.8. The minimum Gasteiger partial charge on any atom is -0.497 e. The van der Waals surface area contributed by atoms with E-state index in [1.165, 1.54) is 11.8 Å². The van der Waals surface area contributed by atoms with Crippen molar-refractivity contribution < 1.29 is 9.53 Å². The Balaban J connectivity index is 1.55. The third-order valence-electron chi connectivity index (χ3n) is 5.86. The number of benzene rings is 2. The van der Waals surface area contributed by atoms with E-state index in [2.05, 4.69) is 21.6 Å². The van der Waals surface area contributed by atoms with E-state index >= 15 is 0 Å². The number of ether oxygens (including phenoxy) is 1. The number of rotatable bonds is 7. The van der Waals surface area contributed by atoms with Gasteiger partial charge in [-0.2, -0.15) is 5.26 Å². The van der Waals surface area contributed by atoms with E-state index in [4.69, 9.17) is 4.74 Å². The van der Waals surface area contributed by atoms with Crippen molar-refractivity contribution in [2.75, 3.05) is 18.2 Å². The lowest BCUT2D eigenvalue weighted by Crippen LogP contribution is -2.18. The second-order valence-electron chi connectivity index (χ2n) is 8.15. The van der Waals surface area contributed by atoms with Crippen LogP contribution in [0.5, 0.6) is 5.75 Å². The fourth-order valence-corrected chi connectivity index (χ4v) is 4.60. The molecule has 0 unspecified atom stereocenters. The molecule has 2 aromatic heterocycles. The van der Waals surface area contributed by atoms with Crippen LogP contribution in [0.15, 0.2) is 53.7 Å². The number of hydrogen-bond donors (Lipinski definition) is 1. The monoisotopic (exact) mass is 486 g/mol. The molecule has 0 bridgehead atoms. The van der Waals surface area contributed by atoms with E-state index < -0.39 is 0 Å². The highest BCUT2D eigenvalue weighted by molar-refractivity contribution is 7.99. The number of nitrogens with zero attached hydrogens (tertiary/aromatic N) is 5. The predicted octanol–water partition coefficient (Wildman–Crippen LogP) is 4.81. The summed E-state index contributed by atoms with van der Waals surface area (Å²) in [5, 5.41) is 21.9. The third kappa shape index (κ3) is 4.79. The molecule has 0 fully saturated rings. The number of hydrogen-bond acceptors (Lipinski definition) is 6. The average molecular weight is 487 g/mol. The molecule has 0 aliphatic rings. The Morgan fingerprint density at radius 1 is 1.14 bits per heavy atom. The molecular formula is C26H26N6O2S. The maximum absolute atomic E-state index is 13.0. The van der Waals surface area contributed by atoms with Gasteiger partial charge in [-0.25, -0.2) is 0 Å². The zero-order valence-corrected chi connectivity index (χ0v) is 21.1. The second kappa shape index (κ2) is 10.1. The van der Waals surface area contributed by atoms with Gasteiger partial charge in [0, 0.05) is 24.0 Å². The minimum absolute atomic E-state index is 0.122. The molecule has 2 aromatic carbocycles. The van der Waals surface area contributed by atoms with Crippen LogP contribution in [0.25, 0.3) is 17.1 Å². The standard InChI is InChI=1S/C26H26N6O2S/c1-16-7-6-8-19(13-16)24-29-30-26(31(24)4)35-15-23(33)28-25-22(14-27)17(2)18(3)32(25)20-9-11-21(34-5)12-10-20/h6-13H,15H2,1-5H3,(H,28,33). The highest BCUT2D eigenvalue weighted by atomic mass is 32.2. The van der Waals surface area contributed by atoms with E-state index in [-0.39, 0.29) is 11.7 Å². The zero-order chi connectivity index (χ0) is 25.1. The number of thioether (sulfide) groups is 1. The number of aryl methyl sites for hydroxylation is 1. The summed E-state index contributed by atoms with van der Waals surface area (Å²) in [7, 11) is 3.49. The van der Waals surface area contributed by atoms with Crippen molar-refractivity contribution in [2.45, 2.75) is 25.9 Å². The number of nitriles is 1. The topological polar surface area (TPSA) is 97.8 Å². The highest BCUT2D eigenvalue weighted by Crippen LogP contribution is 2.31. The summed E-state index contributed by atoms with van der Waals surface area (Å²) < 4.78 is 9.01. The maximum Gasteiger partial charge on any atom is 0.236 e. The van der Waals surface area contributed by atoms with E-state index in [1.807, 2.05) is 85.5 Å². The number of anilines is 1. The van der Waals surface area contributed by atoms with Crippen LogP contribution in [-0.2, 0) is 11.8 Å². The van der Waals surface area contributed by atoms with Gasteiger partial charge in [0.1, 0.15) is 17.6 Å². The molecule has 0 atom stereocenters. The Morgan fingerprint density at radius 2 is 1.89 bits per heavy atom. The molecule has 8 nitrogen and oxygen atoms in total. The molecular weight excluding hydrogens is 460 g/mol. The number of carbonyl (C=O) groups excluding carboxylic acids is 1. The summed E-state index contributed by atoms with van der Waals surface area (Å²) in [6.45, 7) is 5.84. The summed E-state index contributed by atoms with van der Waals surface area (Å²) in [5.41, 5.74) is 5.08. The van der Waals surface area contributed by atoms with Crippen molar-refractivity contribution in [1.29, 1.82) is 5.26 Å². The van der Waals surface area contributed by atoms with Crippen molar-refractivity contribution in [3.63, 3.8) is 0 Å². The molecule has 0 saturated heterocycles. The minimum atomic E-state index is -0.237. The summed E-state index contributed by atoms with van der Waals surface area (Å²) in [4.78, 5) is 13.0. The molecule has 0 aliphatic carbocycles. The van der Waals surface area contributed by atoms with Gasteiger partial charge in [-0.05, 0) is 56.7 Å². The fourth-order valence-electron chi connectivity index (χ4n) is 3.89. The Bertz CT molecular complexity index is 1430. The van der Waals surface area contributed by atoms with Gasteiger partial charge in [0.15, 0.2) is 11.0 Å². The van der Waals surface area contributed by atoms with Gasteiger partial charge in [-0.3, -0.25) is 9.36 Å². The number of carbonyl (C=O) groups is 1. The van der Waals surface area contributed by atoms with Crippen molar-refractivity contribution >= 4 is 23.5 Å². The molecule has 0 aliphatic heterocycles. The Hall–Kier alpha value is -4.03. The van der Waals surface area contributed by atoms with E-state index in [1.54, 1.807) is 7.11 Å². The number of amides is 1. The van der Waals surface area contributed by atoms with Gasteiger partial charge in [0.25, 0.3) is 0 Å². The van der Waals surface area contributed by atoms with Crippen molar-refractivity contribution in [3.05, 3.63) is 70.9 Å². The van der Waals surface area contributed by atoms with Crippen molar-refractivity contribution in [3.8, 4) is 28.9 Å². The smallest absolute Gasteiger partial charge is 0.236 e. The maximum atomic E-state index is 13.0. The van der Waals surface area contributed by atoms with Crippen LogP contribution in [0.4, 0.5) is 5.82 Å².